The van der Waals surface area contributed by atoms with Crippen LogP contribution < -0.4 is 0 Å². The maximum Gasteiger partial charge on any atom is 0.406 e. The van der Waals surface area contributed by atoms with Crippen molar-refractivity contribution in [3.8, 4) is 0 Å². The Hall–Kier alpha value is -2.56. The zero-order valence-electron chi connectivity index (χ0n) is 14.5. The second-order valence-electron chi connectivity index (χ2n) is 5.88. The van der Waals surface area contributed by atoms with Crippen molar-refractivity contribution in [1.29, 1.82) is 0 Å². The molecule has 3 rings (SSSR count). The number of alkyl halides is 3. The van der Waals surface area contributed by atoms with Gasteiger partial charge >= 0.3 is 6.18 Å². The third-order valence-corrected chi connectivity index (χ3v) is 4.40. The van der Waals surface area contributed by atoms with Gasteiger partial charge in [-0.05, 0) is 32.0 Å². The molecule has 0 aliphatic rings. The number of fused-ring (bicyclic) bond motifs is 1. The van der Waals surface area contributed by atoms with E-state index in [-0.39, 0.29) is 23.2 Å². The van der Waals surface area contributed by atoms with Gasteiger partial charge in [0.05, 0.1) is 18.6 Å². The molecule has 0 aliphatic heterocycles. The molecule has 0 saturated carbocycles. The van der Waals surface area contributed by atoms with E-state index in [4.69, 9.17) is 4.42 Å². The van der Waals surface area contributed by atoms with Crippen molar-refractivity contribution in [2.75, 3.05) is 12.3 Å². The van der Waals surface area contributed by atoms with Gasteiger partial charge in [-0.25, -0.2) is 9.50 Å². The van der Waals surface area contributed by atoms with Crippen LogP contribution >= 0.6 is 11.8 Å². The highest BCUT2D eigenvalue weighted by atomic mass is 32.2. The summed E-state index contributed by atoms with van der Waals surface area (Å²) in [4.78, 5) is 21.5. The molecule has 3 aromatic rings. The van der Waals surface area contributed by atoms with Crippen molar-refractivity contribution in [3.63, 3.8) is 0 Å². The van der Waals surface area contributed by atoms with Crippen LogP contribution in [0.4, 0.5) is 13.2 Å². The van der Waals surface area contributed by atoms with Gasteiger partial charge < -0.3 is 9.32 Å². The first-order valence-electron chi connectivity index (χ1n) is 7.92. The Labute approximate surface area is 156 Å². The summed E-state index contributed by atoms with van der Waals surface area (Å²) in [6, 6.07) is 4.90. The number of thioether (sulfide) groups is 1. The molecule has 3 aromatic heterocycles. The summed E-state index contributed by atoms with van der Waals surface area (Å²) in [7, 11) is 0. The largest absolute Gasteiger partial charge is 0.467 e. The van der Waals surface area contributed by atoms with Gasteiger partial charge in [0.25, 0.3) is 5.78 Å². The van der Waals surface area contributed by atoms with Crippen LogP contribution in [0.2, 0.25) is 0 Å². The molecule has 3 heterocycles. The number of amides is 1. The van der Waals surface area contributed by atoms with Gasteiger partial charge in [-0.15, -0.1) is 5.10 Å². The van der Waals surface area contributed by atoms with Crippen molar-refractivity contribution in [1.82, 2.24) is 24.5 Å². The fourth-order valence-corrected chi connectivity index (χ4v) is 3.19. The summed E-state index contributed by atoms with van der Waals surface area (Å²) in [5, 5.41) is 4.50. The monoisotopic (exact) mass is 399 g/mol. The lowest BCUT2D eigenvalue weighted by Crippen LogP contribution is -2.39. The van der Waals surface area contributed by atoms with E-state index < -0.39 is 18.6 Å². The SMILES string of the molecule is Cc1cc(C)n2nc(SCC(=O)N(Cc3ccco3)CC(F)(F)F)nc2n1. The third kappa shape index (κ3) is 5.00. The molecule has 11 heteroatoms. The molecule has 0 unspecified atom stereocenters. The molecule has 1 amide bonds. The smallest absolute Gasteiger partial charge is 0.406 e. The van der Waals surface area contributed by atoms with Gasteiger partial charge in [-0.2, -0.15) is 18.2 Å². The summed E-state index contributed by atoms with van der Waals surface area (Å²) in [6.07, 6.45) is -3.16. The number of rotatable bonds is 6. The predicted octanol–water partition coefficient (Wildman–Crippen LogP) is 3.02. The van der Waals surface area contributed by atoms with Crippen LogP contribution in [-0.4, -0.2) is 48.9 Å². The Morgan fingerprint density at radius 1 is 1.33 bits per heavy atom. The van der Waals surface area contributed by atoms with Crippen LogP contribution in [0.15, 0.2) is 34.0 Å². The molecule has 0 radical (unpaired) electrons. The minimum absolute atomic E-state index is 0.230. The zero-order chi connectivity index (χ0) is 19.6. The van der Waals surface area contributed by atoms with Crippen molar-refractivity contribution in [2.24, 2.45) is 0 Å². The Kier molecular flexibility index (Phi) is 5.40. The fraction of sp³-hybridized carbons (Fsp3) is 0.375. The Balaban J connectivity index is 1.70. The lowest BCUT2D eigenvalue weighted by atomic mass is 10.3. The topological polar surface area (TPSA) is 76.5 Å². The van der Waals surface area contributed by atoms with Crippen LogP contribution in [0.25, 0.3) is 5.78 Å². The van der Waals surface area contributed by atoms with E-state index in [0.717, 1.165) is 23.1 Å². The minimum Gasteiger partial charge on any atom is -0.467 e. The Morgan fingerprint density at radius 2 is 2.11 bits per heavy atom. The van der Waals surface area contributed by atoms with Gasteiger partial charge in [-0.3, -0.25) is 4.79 Å². The number of carbonyl (C=O) groups excluding carboxylic acids is 1. The number of aryl methyl sites for hydroxylation is 2. The molecule has 0 aliphatic carbocycles. The standard InChI is InChI=1S/C16H16F3N5O2S/c1-10-6-11(2)24-14(20-10)21-15(22-24)27-8-13(25)23(9-16(17,18)19)7-12-4-3-5-26-12/h3-6H,7-9H2,1-2H3. The van der Waals surface area contributed by atoms with E-state index >= 15 is 0 Å². The highest BCUT2D eigenvalue weighted by Gasteiger charge is 2.33. The van der Waals surface area contributed by atoms with Gasteiger partial charge in [-0.1, -0.05) is 11.8 Å². The zero-order valence-corrected chi connectivity index (χ0v) is 15.3. The second-order valence-corrected chi connectivity index (χ2v) is 6.82. The fourth-order valence-electron chi connectivity index (χ4n) is 2.47. The molecular formula is C16H16F3N5O2S. The first kappa shape index (κ1) is 19.2. The number of hydrogen-bond acceptors (Lipinski definition) is 6. The summed E-state index contributed by atoms with van der Waals surface area (Å²) >= 11 is 0.964. The molecule has 0 atom stereocenters. The van der Waals surface area contributed by atoms with Crippen LogP contribution in [0.5, 0.6) is 0 Å². The molecule has 27 heavy (non-hydrogen) atoms. The van der Waals surface area contributed by atoms with Crippen LogP contribution in [0.1, 0.15) is 17.1 Å². The van der Waals surface area contributed by atoms with Gasteiger partial charge in [0.15, 0.2) is 0 Å². The molecule has 0 aromatic carbocycles. The molecule has 144 valence electrons. The molecular weight excluding hydrogens is 383 g/mol. The van der Waals surface area contributed by atoms with Gasteiger partial charge in [0.2, 0.25) is 11.1 Å². The average molecular weight is 399 g/mol. The Morgan fingerprint density at radius 3 is 2.78 bits per heavy atom. The van der Waals surface area contributed by atoms with Crippen molar-refractivity contribution < 1.29 is 22.4 Å². The molecule has 7 nitrogen and oxygen atoms in total. The summed E-state index contributed by atoms with van der Waals surface area (Å²) in [5.74, 6) is -0.261. The predicted molar refractivity (Wildman–Crippen MR) is 91.2 cm³/mol. The molecule has 0 saturated heterocycles. The normalized spacial score (nSPS) is 11.9. The quantitative estimate of drug-likeness (QED) is 0.593. The van der Waals surface area contributed by atoms with Crippen LogP contribution in [0.3, 0.4) is 0 Å². The van der Waals surface area contributed by atoms with Gasteiger partial charge in [0, 0.05) is 11.4 Å². The second kappa shape index (κ2) is 7.59. The third-order valence-electron chi connectivity index (χ3n) is 3.57. The summed E-state index contributed by atoms with van der Waals surface area (Å²) in [6.45, 7) is 2.04. The van der Waals surface area contributed by atoms with E-state index in [1.165, 1.54) is 16.8 Å². The highest BCUT2D eigenvalue weighted by Crippen LogP contribution is 2.21. The number of hydrogen-bond donors (Lipinski definition) is 0. The van der Waals surface area contributed by atoms with Crippen molar-refractivity contribution >= 4 is 23.4 Å². The molecule has 0 bridgehead atoms. The number of aromatic nitrogens is 4. The first-order valence-corrected chi connectivity index (χ1v) is 8.90. The lowest BCUT2D eigenvalue weighted by molar-refractivity contribution is -0.161. The minimum atomic E-state index is -4.51. The lowest BCUT2D eigenvalue weighted by Gasteiger charge is -2.22. The van der Waals surface area contributed by atoms with E-state index in [1.54, 1.807) is 6.07 Å². The summed E-state index contributed by atoms with van der Waals surface area (Å²) < 4.78 is 45.0. The maximum atomic E-state index is 12.8. The number of nitrogens with zero attached hydrogens (tertiary/aromatic N) is 5. The number of furan rings is 1. The molecule has 0 N–H and O–H groups in total. The molecule has 0 spiro atoms. The van der Waals surface area contributed by atoms with E-state index in [1.807, 2.05) is 19.9 Å². The van der Waals surface area contributed by atoms with Gasteiger partial charge in [0.1, 0.15) is 12.3 Å². The van der Waals surface area contributed by atoms with E-state index in [9.17, 15) is 18.0 Å². The van der Waals surface area contributed by atoms with E-state index in [2.05, 4.69) is 15.1 Å². The van der Waals surface area contributed by atoms with Crippen molar-refractivity contribution in [2.45, 2.75) is 31.7 Å². The number of halogens is 3. The first-order chi connectivity index (χ1) is 12.7. The van der Waals surface area contributed by atoms with Crippen LogP contribution in [-0.2, 0) is 11.3 Å². The highest BCUT2D eigenvalue weighted by molar-refractivity contribution is 7.99. The van der Waals surface area contributed by atoms with Crippen molar-refractivity contribution in [3.05, 3.63) is 41.6 Å². The molecule has 0 fully saturated rings. The average Bonchev–Trinajstić information content (AvgIpc) is 3.20. The maximum absolute atomic E-state index is 12.8. The summed E-state index contributed by atoms with van der Waals surface area (Å²) in [5.41, 5.74) is 1.59. The number of carbonyl (C=O) groups is 1. The Bertz CT molecular complexity index is 940. The van der Waals surface area contributed by atoms with Crippen LogP contribution in [0, 0.1) is 13.8 Å². The van der Waals surface area contributed by atoms with E-state index in [0.29, 0.717) is 10.7 Å².